The number of carbonyl (C=O) groups is 1. The van der Waals surface area contributed by atoms with Gasteiger partial charge in [0.15, 0.2) is 0 Å². The monoisotopic (exact) mass is 229 g/mol. The molecule has 0 spiro atoms. The van der Waals surface area contributed by atoms with E-state index in [4.69, 9.17) is 4.74 Å². The molecule has 0 unspecified atom stereocenters. The second-order valence-electron chi connectivity index (χ2n) is 3.98. The lowest BCUT2D eigenvalue weighted by molar-refractivity contribution is -0.136. The van der Waals surface area contributed by atoms with E-state index in [0.29, 0.717) is 12.1 Å². The molecule has 0 saturated heterocycles. The van der Waals surface area contributed by atoms with Gasteiger partial charge in [-0.1, -0.05) is 30.3 Å². The number of likely N-dealkylation sites (N-methyl/N-ethyl adjacent to an activating group) is 1. The first-order valence-corrected chi connectivity index (χ1v) is 5.47. The Balaban J connectivity index is 2.47. The molecular weight excluding hydrogens is 214 g/mol. The number of allylic oxidation sites excluding steroid dienone is 2. The summed E-state index contributed by atoms with van der Waals surface area (Å²) in [6.45, 7) is 0.577. The Labute approximate surface area is 101 Å². The van der Waals surface area contributed by atoms with Crippen LogP contribution in [0.2, 0.25) is 0 Å². The highest BCUT2D eigenvalue weighted by Crippen LogP contribution is 2.24. The summed E-state index contributed by atoms with van der Waals surface area (Å²) < 4.78 is 4.83. The summed E-state index contributed by atoms with van der Waals surface area (Å²) >= 11 is 0. The van der Waals surface area contributed by atoms with Crippen LogP contribution in [0.1, 0.15) is 5.56 Å². The van der Waals surface area contributed by atoms with Crippen molar-refractivity contribution >= 4 is 11.5 Å². The molecule has 17 heavy (non-hydrogen) atoms. The minimum atomic E-state index is -0.264. The number of ether oxygens (including phenoxy) is 1. The van der Waals surface area contributed by atoms with E-state index in [1.54, 1.807) is 0 Å². The summed E-state index contributed by atoms with van der Waals surface area (Å²) in [6, 6.07) is 9.87. The van der Waals surface area contributed by atoms with Gasteiger partial charge in [-0.15, -0.1) is 0 Å². The number of rotatable bonds is 2. The summed E-state index contributed by atoms with van der Waals surface area (Å²) in [5.41, 5.74) is 2.68. The largest absolute Gasteiger partial charge is 0.466 e. The molecule has 88 valence electrons. The average Bonchev–Trinajstić information content (AvgIpc) is 2.38. The van der Waals surface area contributed by atoms with E-state index in [2.05, 4.69) is 0 Å². The second kappa shape index (κ2) is 4.87. The number of methoxy groups -OCH3 is 1. The lowest BCUT2D eigenvalue weighted by atomic mass is 9.97. The molecule has 1 heterocycles. The maximum atomic E-state index is 11.8. The molecule has 0 amide bonds. The molecular formula is C14H15NO2. The third-order valence-electron chi connectivity index (χ3n) is 2.74. The summed E-state index contributed by atoms with van der Waals surface area (Å²) in [5.74, 6) is -0.264. The number of esters is 1. The third kappa shape index (κ3) is 2.38. The van der Waals surface area contributed by atoms with Crippen molar-refractivity contribution in [2.45, 2.75) is 0 Å². The van der Waals surface area contributed by atoms with Gasteiger partial charge < -0.3 is 9.64 Å². The molecule has 1 aromatic rings. The molecule has 1 aromatic carbocycles. The van der Waals surface area contributed by atoms with E-state index in [1.165, 1.54) is 7.11 Å². The highest BCUT2D eigenvalue weighted by molar-refractivity contribution is 6.01. The molecule has 2 rings (SSSR count). The summed E-state index contributed by atoms with van der Waals surface area (Å²) in [7, 11) is 3.34. The van der Waals surface area contributed by atoms with Crippen molar-refractivity contribution in [3.05, 3.63) is 53.7 Å². The Hall–Kier alpha value is -2.03. The van der Waals surface area contributed by atoms with E-state index in [9.17, 15) is 4.79 Å². The Morgan fingerprint density at radius 1 is 1.29 bits per heavy atom. The van der Waals surface area contributed by atoms with Gasteiger partial charge in [-0.25, -0.2) is 4.79 Å². The van der Waals surface area contributed by atoms with Gasteiger partial charge in [-0.2, -0.15) is 0 Å². The van der Waals surface area contributed by atoms with Gasteiger partial charge in [0.25, 0.3) is 0 Å². The van der Waals surface area contributed by atoms with E-state index in [-0.39, 0.29) is 5.97 Å². The normalized spacial score (nSPS) is 15.1. The van der Waals surface area contributed by atoms with E-state index in [0.717, 1.165) is 11.1 Å². The smallest absolute Gasteiger partial charge is 0.336 e. The standard InChI is InChI=1S/C14H15NO2/c1-15-9-8-12(11-6-4-3-5-7-11)13(10-15)14(16)17-2/h3-9H,10H2,1-2H3. The quantitative estimate of drug-likeness (QED) is 0.727. The van der Waals surface area contributed by atoms with Crippen molar-refractivity contribution in [2.24, 2.45) is 0 Å². The third-order valence-corrected chi connectivity index (χ3v) is 2.74. The van der Waals surface area contributed by atoms with Crippen molar-refractivity contribution < 1.29 is 9.53 Å². The van der Waals surface area contributed by atoms with Crippen molar-refractivity contribution in [1.82, 2.24) is 4.90 Å². The number of nitrogens with zero attached hydrogens (tertiary/aromatic N) is 1. The van der Waals surface area contributed by atoms with Crippen LogP contribution in [0.25, 0.3) is 5.57 Å². The Kier molecular flexibility index (Phi) is 3.28. The molecule has 0 aliphatic carbocycles. The second-order valence-corrected chi connectivity index (χ2v) is 3.98. The lowest BCUT2D eigenvalue weighted by Gasteiger charge is -2.22. The zero-order valence-corrected chi connectivity index (χ0v) is 10.0. The first-order chi connectivity index (χ1) is 8.22. The van der Waals surface area contributed by atoms with Crippen molar-refractivity contribution in [1.29, 1.82) is 0 Å². The van der Waals surface area contributed by atoms with Crippen molar-refractivity contribution in [3.63, 3.8) is 0 Å². The van der Waals surface area contributed by atoms with Gasteiger partial charge in [-0.3, -0.25) is 0 Å². The highest BCUT2D eigenvalue weighted by Gasteiger charge is 2.19. The van der Waals surface area contributed by atoms with Crippen LogP contribution in [0, 0.1) is 0 Å². The van der Waals surface area contributed by atoms with E-state index in [1.807, 2.05) is 54.6 Å². The van der Waals surface area contributed by atoms with Crippen LogP contribution < -0.4 is 0 Å². The van der Waals surface area contributed by atoms with Crippen LogP contribution in [0.4, 0.5) is 0 Å². The van der Waals surface area contributed by atoms with Crippen LogP contribution in [0.15, 0.2) is 48.2 Å². The average molecular weight is 229 g/mol. The number of carbonyl (C=O) groups excluding carboxylic acids is 1. The van der Waals surface area contributed by atoms with Crippen LogP contribution in [-0.4, -0.2) is 31.6 Å². The Morgan fingerprint density at radius 3 is 2.65 bits per heavy atom. The summed E-state index contributed by atoms with van der Waals surface area (Å²) in [6.07, 6.45) is 3.92. The molecule has 1 aliphatic rings. The molecule has 0 saturated carbocycles. The van der Waals surface area contributed by atoms with Gasteiger partial charge in [0.2, 0.25) is 0 Å². The highest BCUT2D eigenvalue weighted by atomic mass is 16.5. The number of benzene rings is 1. The fourth-order valence-electron chi connectivity index (χ4n) is 1.88. The van der Waals surface area contributed by atoms with Gasteiger partial charge in [0.05, 0.1) is 12.7 Å². The first kappa shape index (κ1) is 11.5. The molecule has 0 bridgehead atoms. The molecule has 0 atom stereocenters. The predicted molar refractivity (Wildman–Crippen MR) is 67.1 cm³/mol. The molecule has 3 nitrogen and oxygen atoms in total. The summed E-state index contributed by atoms with van der Waals surface area (Å²) in [5, 5.41) is 0. The first-order valence-electron chi connectivity index (χ1n) is 5.47. The van der Waals surface area contributed by atoms with Crippen LogP contribution in [0.3, 0.4) is 0 Å². The van der Waals surface area contributed by atoms with Crippen LogP contribution in [0.5, 0.6) is 0 Å². The van der Waals surface area contributed by atoms with Gasteiger partial charge in [0.1, 0.15) is 0 Å². The maximum Gasteiger partial charge on any atom is 0.336 e. The zero-order chi connectivity index (χ0) is 12.3. The van der Waals surface area contributed by atoms with Crippen molar-refractivity contribution in [2.75, 3.05) is 20.7 Å². The van der Waals surface area contributed by atoms with Gasteiger partial charge in [-0.05, 0) is 23.4 Å². The minimum absolute atomic E-state index is 0.264. The van der Waals surface area contributed by atoms with Crippen LogP contribution >= 0.6 is 0 Å². The van der Waals surface area contributed by atoms with Crippen molar-refractivity contribution in [3.8, 4) is 0 Å². The van der Waals surface area contributed by atoms with E-state index < -0.39 is 0 Å². The van der Waals surface area contributed by atoms with Gasteiger partial charge in [0, 0.05) is 13.6 Å². The number of hydrogen-bond acceptors (Lipinski definition) is 3. The SMILES string of the molecule is COC(=O)C1=C(c2ccccc2)C=CN(C)C1. The van der Waals surface area contributed by atoms with E-state index >= 15 is 0 Å². The fraction of sp³-hybridized carbons (Fsp3) is 0.214. The van der Waals surface area contributed by atoms with Gasteiger partial charge >= 0.3 is 5.97 Å². The lowest BCUT2D eigenvalue weighted by Crippen LogP contribution is -2.24. The summed E-state index contributed by atoms with van der Waals surface area (Å²) in [4.78, 5) is 13.7. The maximum absolute atomic E-state index is 11.8. The predicted octanol–water partition coefficient (Wildman–Crippen LogP) is 2.07. The minimum Gasteiger partial charge on any atom is -0.466 e. The molecule has 3 heteroatoms. The Bertz CT molecular complexity index is 474. The zero-order valence-electron chi connectivity index (χ0n) is 10.0. The topological polar surface area (TPSA) is 29.5 Å². The molecule has 0 aromatic heterocycles. The fourth-order valence-corrected chi connectivity index (χ4v) is 1.88. The van der Waals surface area contributed by atoms with Crippen LogP contribution in [-0.2, 0) is 9.53 Å². The number of hydrogen-bond donors (Lipinski definition) is 0. The molecule has 0 fully saturated rings. The molecule has 0 N–H and O–H groups in total. The molecule has 0 radical (unpaired) electrons. The molecule has 1 aliphatic heterocycles. The Morgan fingerprint density at radius 2 is 2.00 bits per heavy atom.